The van der Waals surface area contributed by atoms with E-state index in [0.717, 1.165) is 27.8 Å². The van der Waals surface area contributed by atoms with Crippen molar-refractivity contribution in [3.05, 3.63) is 65.9 Å². The van der Waals surface area contributed by atoms with E-state index < -0.39 is 0 Å². The molecule has 0 spiro atoms. The first-order chi connectivity index (χ1) is 9.88. The number of aromatic nitrogens is 1. The average Bonchev–Trinajstić information content (AvgIpc) is 2.91. The third-order valence-corrected chi connectivity index (χ3v) is 3.37. The molecule has 102 valence electrons. The van der Waals surface area contributed by atoms with Crippen LogP contribution in [0.4, 0.5) is 0 Å². The van der Waals surface area contributed by atoms with Crippen LogP contribution in [-0.4, -0.2) is 16.7 Å². The Morgan fingerprint density at radius 2 is 1.85 bits per heavy atom. The minimum atomic E-state index is 0.139. The monoisotopic (exact) mass is 267 g/mol. The van der Waals surface area contributed by atoms with Crippen molar-refractivity contribution >= 4 is 10.9 Å². The van der Waals surface area contributed by atoms with Crippen molar-refractivity contribution in [1.82, 2.24) is 4.98 Å². The van der Waals surface area contributed by atoms with Crippen LogP contribution in [0.3, 0.4) is 0 Å². The lowest BCUT2D eigenvalue weighted by Gasteiger charge is -2.09. The lowest BCUT2D eigenvalue weighted by atomic mass is 10.1. The fourth-order valence-corrected chi connectivity index (χ4v) is 2.39. The van der Waals surface area contributed by atoms with Gasteiger partial charge in [-0.05, 0) is 29.7 Å². The number of hydrogen-bond donors (Lipinski definition) is 2. The summed E-state index contributed by atoms with van der Waals surface area (Å²) in [7, 11) is 0. The summed E-state index contributed by atoms with van der Waals surface area (Å²) >= 11 is 0. The number of hydrogen-bond acceptors (Lipinski definition) is 2. The Morgan fingerprint density at radius 1 is 1.00 bits per heavy atom. The highest BCUT2D eigenvalue weighted by Crippen LogP contribution is 2.29. The van der Waals surface area contributed by atoms with Gasteiger partial charge in [-0.15, -0.1) is 0 Å². The Hall–Kier alpha value is -2.26. The molecule has 0 bridgehead atoms. The molecule has 1 aromatic heterocycles. The number of nitrogens with one attached hydrogen (secondary N) is 1. The largest absolute Gasteiger partial charge is 0.488 e. The summed E-state index contributed by atoms with van der Waals surface area (Å²) in [6.45, 7) is 0.684. The first-order valence-electron chi connectivity index (χ1n) is 6.75. The van der Waals surface area contributed by atoms with Crippen LogP contribution >= 0.6 is 0 Å². The topological polar surface area (TPSA) is 45.2 Å². The Bertz CT molecular complexity index is 689. The van der Waals surface area contributed by atoms with E-state index >= 15 is 0 Å². The van der Waals surface area contributed by atoms with E-state index in [9.17, 15) is 0 Å². The van der Waals surface area contributed by atoms with Gasteiger partial charge in [-0.2, -0.15) is 0 Å². The number of aromatic amines is 1. The zero-order chi connectivity index (χ0) is 13.8. The summed E-state index contributed by atoms with van der Waals surface area (Å²) < 4.78 is 5.95. The number of ether oxygens (including phenoxy) is 1. The normalized spacial score (nSPS) is 10.8. The molecule has 0 saturated carbocycles. The zero-order valence-electron chi connectivity index (χ0n) is 11.2. The standard InChI is InChI=1S/C17H17NO2/c19-10-9-14-11-18-15-7-4-8-16(17(14)15)20-12-13-5-2-1-3-6-13/h1-8,11,18-19H,9-10,12H2. The maximum Gasteiger partial charge on any atom is 0.129 e. The lowest BCUT2D eigenvalue weighted by molar-refractivity contribution is 0.299. The molecule has 0 fully saturated rings. The number of aliphatic hydroxyl groups is 1. The molecular formula is C17H17NO2. The molecule has 20 heavy (non-hydrogen) atoms. The van der Waals surface area contributed by atoms with Crippen LogP contribution in [0.25, 0.3) is 10.9 Å². The summed E-state index contributed by atoms with van der Waals surface area (Å²) in [5, 5.41) is 10.2. The predicted molar refractivity (Wildman–Crippen MR) is 79.9 cm³/mol. The maximum atomic E-state index is 9.14. The van der Waals surface area contributed by atoms with Gasteiger partial charge in [-0.25, -0.2) is 0 Å². The molecule has 2 N–H and O–H groups in total. The van der Waals surface area contributed by atoms with Crippen molar-refractivity contribution < 1.29 is 9.84 Å². The van der Waals surface area contributed by atoms with Gasteiger partial charge in [-0.1, -0.05) is 36.4 Å². The molecule has 0 amide bonds. The van der Waals surface area contributed by atoms with E-state index in [-0.39, 0.29) is 6.61 Å². The molecule has 3 rings (SSSR count). The van der Waals surface area contributed by atoms with Crippen molar-refractivity contribution in [2.75, 3.05) is 6.61 Å². The molecule has 0 unspecified atom stereocenters. The van der Waals surface area contributed by atoms with Crippen LogP contribution in [0.1, 0.15) is 11.1 Å². The Balaban J connectivity index is 1.89. The van der Waals surface area contributed by atoms with Crippen molar-refractivity contribution in [2.24, 2.45) is 0 Å². The third kappa shape index (κ3) is 2.53. The molecule has 3 aromatic rings. The van der Waals surface area contributed by atoms with E-state index in [1.165, 1.54) is 0 Å². The summed E-state index contributed by atoms with van der Waals surface area (Å²) in [5.41, 5.74) is 3.27. The van der Waals surface area contributed by atoms with Crippen molar-refractivity contribution in [2.45, 2.75) is 13.0 Å². The van der Waals surface area contributed by atoms with E-state index in [1.807, 2.05) is 54.7 Å². The zero-order valence-corrected chi connectivity index (χ0v) is 11.2. The first kappa shape index (κ1) is 12.8. The minimum absolute atomic E-state index is 0.139. The summed E-state index contributed by atoms with van der Waals surface area (Å²) in [6.07, 6.45) is 2.57. The first-order valence-corrected chi connectivity index (χ1v) is 6.75. The second kappa shape index (κ2) is 5.80. The second-order valence-electron chi connectivity index (χ2n) is 4.74. The van der Waals surface area contributed by atoms with Gasteiger partial charge in [0, 0.05) is 23.7 Å². The Kier molecular flexibility index (Phi) is 3.70. The molecule has 0 aliphatic carbocycles. The number of fused-ring (bicyclic) bond motifs is 1. The number of benzene rings is 2. The van der Waals surface area contributed by atoms with Crippen LogP contribution in [0.15, 0.2) is 54.7 Å². The van der Waals surface area contributed by atoms with E-state index in [0.29, 0.717) is 13.0 Å². The smallest absolute Gasteiger partial charge is 0.129 e. The summed E-state index contributed by atoms with van der Waals surface area (Å²) in [5.74, 6) is 0.857. The van der Waals surface area contributed by atoms with Crippen molar-refractivity contribution in [3.63, 3.8) is 0 Å². The van der Waals surface area contributed by atoms with Crippen molar-refractivity contribution in [1.29, 1.82) is 0 Å². The van der Waals surface area contributed by atoms with Crippen LogP contribution in [0, 0.1) is 0 Å². The van der Waals surface area contributed by atoms with E-state index in [1.54, 1.807) is 0 Å². The highest BCUT2D eigenvalue weighted by Gasteiger charge is 2.09. The molecule has 0 radical (unpaired) electrons. The van der Waals surface area contributed by atoms with Gasteiger partial charge in [0.2, 0.25) is 0 Å². The van der Waals surface area contributed by atoms with Crippen LogP contribution in [0.5, 0.6) is 5.75 Å². The fraction of sp³-hybridized carbons (Fsp3) is 0.176. The molecule has 1 heterocycles. The predicted octanol–water partition coefficient (Wildman–Crippen LogP) is 3.28. The highest BCUT2D eigenvalue weighted by molar-refractivity contribution is 5.89. The summed E-state index contributed by atoms with van der Waals surface area (Å²) in [6, 6.07) is 16.1. The SMILES string of the molecule is OCCc1c[nH]c2cccc(OCc3ccccc3)c12. The third-order valence-electron chi connectivity index (χ3n) is 3.37. The van der Waals surface area contributed by atoms with Crippen LogP contribution in [0.2, 0.25) is 0 Å². The van der Waals surface area contributed by atoms with Gasteiger partial charge in [0.05, 0.1) is 0 Å². The molecule has 0 atom stereocenters. The van der Waals surface area contributed by atoms with E-state index in [2.05, 4.69) is 4.98 Å². The Labute approximate surface area is 117 Å². The quantitative estimate of drug-likeness (QED) is 0.745. The van der Waals surface area contributed by atoms with Gasteiger partial charge in [0.1, 0.15) is 12.4 Å². The van der Waals surface area contributed by atoms with Gasteiger partial charge < -0.3 is 14.8 Å². The molecule has 0 aliphatic heterocycles. The Morgan fingerprint density at radius 3 is 2.65 bits per heavy atom. The minimum Gasteiger partial charge on any atom is -0.488 e. The number of aliphatic hydroxyl groups excluding tert-OH is 1. The van der Waals surface area contributed by atoms with Crippen molar-refractivity contribution in [3.8, 4) is 5.75 Å². The lowest BCUT2D eigenvalue weighted by Crippen LogP contribution is -1.96. The molecule has 0 aliphatic rings. The molecular weight excluding hydrogens is 250 g/mol. The van der Waals surface area contributed by atoms with Gasteiger partial charge in [0.15, 0.2) is 0 Å². The fourth-order valence-electron chi connectivity index (χ4n) is 2.39. The molecule has 3 heteroatoms. The maximum absolute atomic E-state index is 9.14. The molecule has 3 nitrogen and oxygen atoms in total. The van der Waals surface area contributed by atoms with E-state index in [4.69, 9.17) is 9.84 Å². The molecule has 0 saturated heterocycles. The molecule has 2 aromatic carbocycles. The van der Waals surface area contributed by atoms with Crippen LogP contribution < -0.4 is 4.74 Å². The second-order valence-corrected chi connectivity index (χ2v) is 4.74. The van der Waals surface area contributed by atoms with Crippen LogP contribution in [-0.2, 0) is 13.0 Å². The average molecular weight is 267 g/mol. The van der Waals surface area contributed by atoms with Gasteiger partial charge in [0.25, 0.3) is 0 Å². The highest BCUT2D eigenvalue weighted by atomic mass is 16.5. The van der Waals surface area contributed by atoms with Gasteiger partial charge in [-0.3, -0.25) is 0 Å². The summed E-state index contributed by atoms with van der Waals surface area (Å²) in [4.78, 5) is 3.22. The number of H-pyrrole nitrogens is 1. The number of rotatable bonds is 5. The van der Waals surface area contributed by atoms with Gasteiger partial charge >= 0.3 is 0 Å².